The van der Waals surface area contributed by atoms with Gasteiger partial charge in [-0.1, -0.05) is 53.4 Å². The second-order valence-electron chi connectivity index (χ2n) is 5.65. The molecule has 0 bridgehead atoms. The zero-order valence-electron chi connectivity index (χ0n) is 12.9. The molecule has 106 valence electrons. The smallest absolute Gasteiger partial charge is 0.0594 e. The lowest BCUT2D eigenvalue weighted by Gasteiger charge is -2.28. The second-order valence-corrected chi connectivity index (χ2v) is 10.1. The molecule has 0 nitrogen and oxygen atoms in total. The standard InChI is InChI=1S/C16H36P.H2/c1-5-9-13-17(14-10-6-2,15-11-7-3)16-12-8-4;/h5-16H2,1-4H3;1H/q+1;. The monoisotopic (exact) mass is 261 g/mol. The fourth-order valence-corrected chi connectivity index (χ4v) is 7.93. The second kappa shape index (κ2) is 11.5. The lowest BCUT2D eigenvalue weighted by Crippen LogP contribution is -2.12. The SMILES string of the molecule is CCCC[P+](CCCC)(CCCC)CCCC.[HH]. The van der Waals surface area contributed by atoms with E-state index < -0.39 is 7.26 Å². The molecule has 0 atom stereocenters. The van der Waals surface area contributed by atoms with Gasteiger partial charge in [0.25, 0.3) is 0 Å². The Labute approximate surface area is 113 Å². The van der Waals surface area contributed by atoms with Crippen molar-refractivity contribution in [1.29, 1.82) is 0 Å². The van der Waals surface area contributed by atoms with Gasteiger partial charge in [-0.05, 0) is 25.7 Å². The van der Waals surface area contributed by atoms with Gasteiger partial charge in [0.1, 0.15) is 0 Å². The molecule has 0 aliphatic rings. The molecular formula is C16H38P+. The van der Waals surface area contributed by atoms with Crippen molar-refractivity contribution in [3.05, 3.63) is 0 Å². The number of unbranched alkanes of at least 4 members (excludes halogenated alkanes) is 4. The Morgan fingerprint density at radius 2 is 0.765 bits per heavy atom. The van der Waals surface area contributed by atoms with Crippen molar-refractivity contribution in [2.45, 2.75) is 79.1 Å². The predicted octanol–water partition coefficient (Wildman–Crippen LogP) is 6.45. The molecule has 0 aliphatic carbocycles. The van der Waals surface area contributed by atoms with Gasteiger partial charge in [0.05, 0.1) is 24.6 Å². The van der Waals surface area contributed by atoms with Crippen LogP contribution in [0.15, 0.2) is 0 Å². The third-order valence-electron chi connectivity index (χ3n) is 3.94. The molecule has 0 radical (unpaired) electrons. The Hall–Kier alpha value is 0.430. The first-order chi connectivity index (χ1) is 8.24. The van der Waals surface area contributed by atoms with E-state index in [9.17, 15) is 0 Å². The largest absolute Gasteiger partial charge is 0.0652 e. The van der Waals surface area contributed by atoms with Crippen LogP contribution in [0.5, 0.6) is 0 Å². The molecule has 0 rings (SSSR count). The summed E-state index contributed by atoms with van der Waals surface area (Å²) in [4.78, 5) is 0. The number of hydrogen-bond acceptors (Lipinski definition) is 0. The van der Waals surface area contributed by atoms with Crippen LogP contribution in [0.2, 0.25) is 0 Å². The topological polar surface area (TPSA) is 0 Å². The number of hydrogen-bond donors (Lipinski definition) is 0. The highest BCUT2D eigenvalue weighted by molar-refractivity contribution is 7.75. The molecular weight excluding hydrogens is 223 g/mol. The molecule has 17 heavy (non-hydrogen) atoms. The van der Waals surface area contributed by atoms with Crippen LogP contribution in [-0.4, -0.2) is 24.6 Å². The summed E-state index contributed by atoms with van der Waals surface area (Å²) in [5.74, 6) is 0. The molecule has 0 heterocycles. The molecule has 0 amide bonds. The highest BCUT2D eigenvalue weighted by Crippen LogP contribution is 2.61. The Bertz CT molecular complexity index is 122. The van der Waals surface area contributed by atoms with Gasteiger partial charge in [0, 0.05) is 8.69 Å². The normalized spacial score (nSPS) is 12.0. The van der Waals surface area contributed by atoms with Crippen molar-refractivity contribution in [3.8, 4) is 0 Å². The first kappa shape index (κ1) is 17.4. The Morgan fingerprint density at radius 1 is 0.529 bits per heavy atom. The lowest BCUT2D eigenvalue weighted by molar-refractivity contribution is 0.814. The van der Waals surface area contributed by atoms with Crippen LogP contribution in [0.1, 0.15) is 80.5 Å². The minimum atomic E-state index is -0.562. The van der Waals surface area contributed by atoms with Crippen LogP contribution >= 0.6 is 7.26 Å². The molecule has 0 N–H and O–H groups in total. The molecule has 0 aromatic heterocycles. The maximum atomic E-state index is 2.36. The van der Waals surface area contributed by atoms with Gasteiger partial charge in [-0.25, -0.2) is 0 Å². The van der Waals surface area contributed by atoms with Gasteiger partial charge in [-0.3, -0.25) is 0 Å². The fourth-order valence-electron chi connectivity index (χ4n) is 2.64. The van der Waals surface area contributed by atoms with E-state index in [2.05, 4.69) is 27.7 Å². The highest BCUT2D eigenvalue weighted by Gasteiger charge is 2.34. The average Bonchev–Trinajstić information content (AvgIpc) is 2.37. The summed E-state index contributed by atoms with van der Waals surface area (Å²) in [6.45, 7) is 9.42. The van der Waals surface area contributed by atoms with Crippen molar-refractivity contribution >= 4 is 7.26 Å². The molecule has 0 saturated heterocycles. The average molecular weight is 261 g/mol. The minimum absolute atomic E-state index is 0. The molecule has 0 spiro atoms. The summed E-state index contributed by atoms with van der Waals surface area (Å²) >= 11 is 0. The van der Waals surface area contributed by atoms with Crippen molar-refractivity contribution in [3.63, 3.8) is 0 Å². The molecule has 0 saturated carbocycles. The lowest BCUT2D eigenvalue weighted by atomic mass is 10.4. The summed E-state index contributed by atoms with van der Waals surface area (Å²) in [6.07, 6.45) is 17.9. The van der Waals surface area contributed by atoms with Crippen molar-refractivity contribution in [2.75, 3.05) is 24.6 Å². The Balaban J connectivity index is 0. The minimum Gasteiger partial charge on any atom is -0.0652 e. The van der Waals surface area contributed by atoms with E-state index in [4.69, 9.17) is 0 Å². The van der Waals surface area contributed by atoms with Gasteiger partial charge < -0.3 is 0 Å². The summed E-state index contributed by atoms with van der Waals surface area (Å²) in [7, 11) is -0.562. The van der Waals surface area contributed by atoms with Crippen LogP contribution < -0.4 is 0 Å². The first-order valence-corrected chi connectivity index (χ1v) is 10.6. The van der Waals surface area contributed by atoms with E-state index in [1.165, 1.54) is 51.4 Å². The van der Waals surface area contributed by atoms with E-state index in [0.29, 0.717) is 0 Å². The number of rotatable bonds is 12. The van der Waals surface area contributed by atoms with Gasteiger partial charge in [-0.15, -0.1) is 0 Å². The van der Waals surface area contributed by atoms with Gasteiger partial charge in [-0.2, -0.15) is 0 Å². The summed E-state index contributed by atoms with van der Waals surface area (Å²) in [6, 6.07) is 0. The van der Waals surface area contributed by atoms with E-state index in [1.54, 1.807) is 24.6 Å². The van der Waals surface area contributed by atoms with Gasteiger partial charge in [0.2, 0.25) is 0 Å². The molecule has 0 fully saturated rings. The Morgan fingerprint density at radius 3 is 0.941 bits per heavy atom. The van der Waals surface area contributed by atoms with Crippen LogP contribution in [0.3, 0.4) is 0 Å². The van der Waals surface area contributed by atoms with E-state index in [-0.39, 0.29) is 1.43 Å². The quantitative estimate of drug-likeness (QED) is 0.354. The maximum Gasteiger partial charge on any atom is 0.0594 e. The van der Waals surface area contributed by atoms with E-state index >= 15 is 0 Å². The maximum absolute atomic E-state index is 2.36. The highest BCUT2D eigenvalue weighted by atomic mass is 31.2. The first-order valence-electron chi connectivity index (χ1n) is 8.09. The van der Waals surface area contributed by atoms with Crippen LogP contribution in [0.25, 0.3) is 0 Å². The van der Waals surface area contributed by atoms with Gasteiger partial charge >= 0.3 is 0 Å². The zero-order chi connectivity index (χ0) is 13.0. The molecule has 0 aromatic carbocycles. The van der Waals surface area contributed by atoms with Crippen molar-refractivity contribution in [1.82, 2.24) is 0 Å². The van der Waals surface area contributed by atoms with Crippen molar-refractivity contribution < 1.29 is 1.43 Å². The summed E-state index contributed by atoms with van der Waals surface area (Å²) in [5.41, 5.74) is 0. The Kier molecular flexibility index (Phi) is 11.8. The van der Waals surface area contributed by atoms with Crippen molar-refractivity contribution in [2.24, 2.45) is 0 Å². The van der Waals surface area contributed by atoms with E-state index in [1.807, 2.05) is 0 Å². The molecule has 1 heteroatoms. The zero-order valence-corrected chi connectivity index (χ0v) is 13.8. The van der Waals surface area contributed by atoms with Crippen LogP contribution in [0.4, 0.5) is 0 Å². The predicted molar refractivity (Wildman–Crippen MR) is 88.1 cm³/mol. The molecule has 0 aliphatic heterocycles. The fraction of sp³-hybridized carbons (Fsp3) is 1.00. The third-order valence-corrected chi connectivity index (χ3v) is 9.00. The van der Waals surface area contributed by atoms with Crippen LogP contribution in [0, 0.1) is 0 Å². The van der Waals surface area contributed by atoms with E-state index in [0.717, 1.165) is 0 Å². The summed E-state index contributed by atoms with van der Waals surface area (Å²) < 4.78 is 0. The van der Waals surface area contributed by atoms with Crippen LogP contribution in [-0.2, 0) is 0 Å². The van der Waals surface area contributed by atoms with Gasteiger partial charge in [0.15, 0.2) is 0 Å². The molecule has 0 unspecified atom stereocenters. The molecule has 0 aromatic rings. The summed E-state index contributed by atoms with van der Waals surface area (Å²) in [5, 5.41) is 0. The third kappa shape index (κ3) is 8.20.